The van der Waals surface area contributed by atoms with Crippen molar-refractivity contribution in [2.75, 3.05) is 11.9 Å². The van der Waals surface area contributed by atoms with E-state index in [1.54, 1.807) is 19.3 Å². The van der Waals surface area contributed by atoms with Crippen LogP contribution in [-0.4, -0.2) is 39.0 Å². The quantitative estimate of drug-likeness (QED) is 0.864. The first-order valence-electron chi connectivity index (χ1n) is 6.27. The van der Waals surface area contributed by atoms with E-state index in [9.17, 15) is 18.0 Å². The highest BCUT2D eigenvalue weighted by Gasteiger charge is 2.56. The first-order valence-corrected chi connectivity index (χ1v) is 6.27. The molecule has 1 fully saturated rings. The molecule has 1 aliphatic rings. The van der Waals surface area contributed by atoms with E-state index < -0.39 is 23.7 Å². The number of urea groups is 1. The highest BCUT2D eigenvalue weighted by molar-refractivity contribution is 5.89. The molecule has 1 aromatic rings. The van der Waals surface area contributed by atoms with Crippen LogP contribution in [0, 0.1) is 5.92 Å². The van der Waals surface area contributed by atoms with Crippen molar-refractivity contribution < 1.29 is 18.0 Å². The predicted octanol–water partition coefficient (Wildman–Crippen LogP) is 2.61. The number of aromatic nitrogens is 2. The van der Waals surface area contributed by atoms with Crippen molar-refractivity contribution in [3.05, 3.63) is 12.3 Å². The molecule has 112 valence electrons. The number of carbonyl (C=O) groups is 1. The van der Waals surface area contributed by atoms with Crippen molar-refractivity contribution in [2.24, 2.45) is 13.0 Å². The fourth-order valence-corrected chi connectivity index (χ4v) is 2.67. The second-order valence-electron chi connectivity index (χ2n) is 5.49. The van der Waals surface area contributed by atoms with Crippen LogP contribution in [-0.2, 0) is 7.05 Å². The minimum Gasteiger partial charge on any atom is -0.319 e. The Bertz CT molecular complexity index is 509. The second kappa shape index (κ2) is 4.68. The van der Waals surface area contributed by atoms with E-state index in [4.69, 9.17) is 0 Å². The van der Waals surface area contributed by atoms with Crippen molar-refractivity contribution in [3.8, 4) is 0 Å². The molecule has 1 aliphatic heterocycles. The third kappa shape index (κ3) is 2.59. The molecule has 1 N–H and O–H groups in total. The standard InChI is InChI=1S/C12H17F3N4O/c1-11(2)8(12(13,14)15)4-7-19(11)10(20)16-9-5-6-18(3)17-9/h5-6,8H,4,7H2,1-3H3,(H,16,17,20)/t8-/m1/s1. The fraction of sp³-hybridized carbons (Fsp3) is 0.667. The summed E-state index contributed by atoms with van der Waals surface area (Å²) in [6.45, 7) is 2.96. The van der Waals surface area contributed by atoms with E-state index in [-0.39, 0.29) is 13.0 Å². The van der Waals surface area contributed by atoms with Gasteiger partial charge < -0.3 is 4.90 Å². The summed E-state index contributed by atoms with van der Waals surface area (Å²) in [4.78, 5) is 13.3. The lowest BCUT2D eigenvalue weighted by atomic mass is 9.88. The largest absolute Gasteiger partial charge is 0.394 e. The minimum absolute atomic E-state index is 0.0772. The number of nitrogens with zero attached hydrogens (tertiary/aromatic N) is 3. The molecule has 2 heterocycles. The molecule has 0 aliphatic carbocycles. The summed E-state index contributed by atoms with van der Waals surface area (Å²) in [5.74, 6) is -1.19. The molecule has 1 saturated heterocycles. The molecular formula is C12H17F3N4O. The molecule has 0 aromatic carbocycles. The zero-order chi connectivity index (χ0) is 15.1. The maximum absolute atomic E-state index is 12.9. The number of hydrogen-bond donors (Lipinski definition) is 1. The van der Waals surface area contributed by atoms with Crippen LogP contribution in [0.3, 0.4) is 0 Å². The van der Waals surface area contributed by atoms with Gasteiger partial charge in [-0.25, -0.2) is 4.79 Å². The summed E-state index contributed by atoms with van der Waals surface area (Å²) >= 11 is 0. The molecule has 20 heavy (non-hydrogen) atoms. The van der Waals surface area contributed by atoms with Crippen molar-refractivity contribution >= 4 is 11.8 Å². The lowest BCUT2D eigenvalue weighted by Crippen LogP contribution is -2.51. The molecule has 1 aromatic heterocycles. The van der Waals surface area contributed by atoms with Gasteiger partial charge in [0.15, 0.2) is 5.82 Å². The fourth-order valence-electron chi connectivity index (χ4n) is 2.67. The minimum atomic E-state index is -4.30. The molecule has 0 radical (unpaired) electrons. The number of hydrogen-bond acceptors (Lipinski definition) is 2. The Hall–Kier alpha value is -1.73. The topological polar surface area (TPSA) is 50.2 Å². The van der Waals surface area contributed by atoms with E-state index in [0.29, 0.717) is 5.82 Å². The molecule has 5 nitrogen and oxygen atoms in total. The Balaban J connectivity index is 2.11. The number of halogens is 3. The molecule has 2 rings (SSSR count). The van der Waals surface area contributed by atoms with Gasteiger partial charge in [-0.3, -0.25) is 10.00 Å². The van der Waals surface area contributed by atoms with E-state index in [1.165, 1.54) is 23.4 Å². The first-order chi connectivity index (χ1) is 9.12. The van der Waals surface area contributed by atoms with Crippen molar-refractivity contribution in [1.82, 2.24) is 14.7 Å². The number of anilines is 1. The van der Waals surface area contributed by atoms with Crippen molar-refractivity contribution in [1.29, 1.82) is 0 Å². The maximum Gasteiger partial charge on any atom is 0.394 e. The van der Waals surface area contributed by atoms with E-state index in [1.807, 2.05) is 0 Å². The number of carbonyl (C=O) groups excluding carboxylic acids is 1. The maximum atomic E-state index is 12.9. The van der Waals surface area contributed by atoms with Crippen LogP contribution in [0.15, 0.2) is 12.3 Å². The average molecular weight is 290 g/mol. The molecule has 2 amide bonds. The highest BCUT2D eigenvalue weighted by Crippen LogP contribution is 2.44. The van der Waals surface area contributed by atoms with E-state index >= 15 is 0 Å². The van der Waals surface area contributed by atoms with Gasteiger partial charge in [-0.15, -0.1) is 0 Å². The molecular weight excluding hydrogens is 273 g/mol. The summed E-state index contributed by atoms with van der Waals surface area (Å²) in [6.07, 6.45) is -2.74. The van der Waals surface area contributed by atoms with Gasteiger partial charge >= 0.3 is 12.2 Å². The first kappa shape index (κ1) is 14.7. The Morgan fingerprint density at radius 2 is 2.15 bits per heavy atom. The third-order valence-electron chi connectivity index (χ3n) is 3.78. The number of rotatable bonds is 1. The molecule has 0 bridgehead atoms. The van der Waals surface area contributed by atoms with Gasteiger partial charge in [0.1, 0.15) is 0 Å². The second-order valence-corrected chi connectivity index (χ2v) is 5.49. The summed E-state index contributed by atoms with van der Waals surface area (Å²) < 4.78 is 40.4. The van der Waals surface area contributed by atoms with Crippen LogP contribution in [0.1, 0.15) is 20.3 Å². The predicted molar refractivity (Wildman–Crippen MR) is 67.2 cm³/mol. The van der Waals surface area contributed by atoms with Crippen molar-refractivity contribution in [3.63, 3.8) is 0 Å². The number of nitrogens with one attached hydrogen (secondary N) is 1. The lowest BCUT2D eigenvalue weighted by molar-refractivity contribution is -0.189. The Kier molecular flexibility index (Phi) is 3.43. The summed E-state index contributed by atoms with van der Waals surface area (Å²) in [6, 6.07) is 1.03. The Morgan fingerprint density at radius 3 is 2.60 bits per heavy atom. The van der Waals surface area contributed by atoms with E-state index in [0.717, 1.165) is 0 Å². The van der Waals surface area contributed by atoms with Crippen LogP contribution >= 0.6 is 0 Å². The van der Waals surface area contributed by atoms with Gasteiger partial charge in [-0.2, -0.15) is 18.3 Å². The monoisotopic (exact) mass is 290 g/mol. The summed E-state index contributed by atoms with van der Waals surface area (Å²) in [7, 11) is 1.69. The lowest BCUT2D eigenvalue weighted by Gasteiger charge is -2.36. The molecule has 0 saturated carbocycles. The van der Waals surface area contributed by atoms with Crippen LogP contribution in [0.4, 0.5) is 23.8 Å². The van der Waals surface area contributed by atoms with Crippen LogP contribution in [0.25, 0.3) is 0 Å². The SMILES string of the molecule is Cn1ccc(NC(=O)N2CC[C@@H](C(F)(F)F)C2(C)C)n1. The number of alkyl halides is 3. The van der Waals surface area contributed by atoms with Crippen LogP contribution in [0.5, 0.6) is 0 Å². The van der Waals surface area contributed by atoms with Gasteiger partial charge in [0.2, 0.25) is 0 Å². The Labute approximate surface area is 114 Å². The summed E-state index contributed by atoms with van der Waals surface area (Å²) in [5, 5.41) is 6.49. The van der Waals surface area contributed by atoms with Crippen LogP contribution in [0.2, 0.25) is 0 Å². The smallest absolute Gasteiger partial charge is 0.319 e. The van der Waals surface area contributed by atoms with Gasteiger partial charge in [0, 0.05) is 25.9 Å². The van der Waals surface area contributed by atoms with Crippen molar-refractivity contribution in [2.45, 2.75) is 32.0 Å². The van der Waals surface area contributed by atoms with Gasteiger partial charge in [-0.1, -0.05) is 0 Å². The normalized spacial score (nSPS) is 22.1. The zero-order valence-electron chi connectivity index (χ0n) is 11.5. The molecule has 0 spiro atoms. The number of likely N-dealkylation sites (tertiary alicyclic amines) is 1. The van der Waals surface area contributed by atoms with Crippen LogP contribution < -0.4 is 5.32 Å². The third-order valence-corrected chi connectivity index (χ3v) is 3.78. The van der Waals surface area contributed by atoms with Gasteiger partial charge in [0.05, 0.1) is 11.5 Å². The highest BCUT2D eigenvalue weighted by atomic mass is 19.4. The average Bonchev–Trinajstić information content (AvgIpc) is 2.80. The Morgan fingerprint density at radius 1 is 1.50 bits per heavy atom. The molecule has 1 atom stereocenters. The summed E-state index contributed by atoms with van der Waals surface area (Å²) in [5.41, 5.74) is -1.27. The molecule has 8 heteroatoms. The number of amides is 2. The number of aryl methyl sites for hydroxylation is 1. The van der Waals surface area contributed by atoms with E-state index in [2.05, 4.69) is 10.4 Å². The zero-order valence-corrected chi connectivity index (χ0v) is 11.5. The van der Waals surface area contributed by atoms with Gasteiger partial charge in [-0.05, 0) is 20.3 Å². The molecule has 0 unspecified atom stereocenters. The van der Waals surface area contributed by atoms with Gasteiger partial charge in [0.25, 0.3) is 0 Å².